The van der Waals surface area contributed by atoms with E-state index in [1.54, 1.807) is 0 Å². The minimum absolute atomic E-state index is 0.535. The van der Waals surface area contributed by atoms with Crippen molar-refractivity contribution in [3.63, 3.8) is 0 Å². The molecule has 2 aliphatic rings. The first-order valence-corrected chi connectivity index (χ1v) is 4.27. The molecule has 0 aliphatic heterocycles. The van der Waals surface area contributed by atoms with E-state index < -0.39 is 0 Å². The monoisotopic (exact) mass is 140 g/mol. The number of nitrogens with two attached hydrogens (primary N) is 1. The molecule has 0 spiro atoms. The Balaban J connectivity index is 1.84. The van der Waals surface area contributed by atoms with E-state index in [2.05, 4.69) is 12.3 Å². The van der Waals surface area contributed by atoms with Gasteiger partial charge in [0.15, 0.2) is 0 Å². The Labute approximate surface area is 62.1 Å². The Morgan fingerprint density at radius 2 is 1.90 bits per heavy atom. The van der Waals surface area contributed by atoms with Crippen molar-refractivity contribution in [3.05, 3.63) is 0 Å². The quantitative estimate of drug-likeness (QED) is 0.441. The van der Waals surface area contributed by atoms with Gasteiger partial charge in [-0.2, -0.15) is 0 Å². The molecular weight excluding hydrogens is 124 g/mol. The topological polar surface area (TPSA) is 38.0 Å². The third kappa shape index (κ3) is 0.956. The average molecular weight is 140 g/mol. The van der Waals surface area contributed by atoms with Crippen LogP contribution in [0.3, 0.4) is 0 Å². The fourth-order valence-corrected chi connectivity index (χ4v) is 2.31. The average Bonchev–Trinajstić information content (AvgIpc) is 2.57. The van der Waals surface area contributed by atoms with Gasteiger partial charge in [0.2, 0.25) is 0 Å². The maximum Gasteiger partial charge on any atom is 0.0210 e. The van der Waals surface area contributed by atoms with Crippen LogP contribution in [0.2, 0.25) is 0 Å². The van der Waals surface area contributed by atoms with E-state index in [1.807, 2.05) is 0 Å². The molecule has 2 rings (SSSR count). The van der Waals surface area contributed by atoms with Crippen molar-refractivity contribution >= 4 is 0 Å². The molecule has 2 aliphatic carbocycles. The first kappa shape index (κ1) is 6.62. The molecule has 2 nitrogen and oxygen atoms in total. The van der Waals surface area contributed by atoms with Crippen LogP contribution in [0.5, 0.6) is 0 Å². The van der Waals surface area contributed by atoms with Gasteiger partial charge in [-0.25, -0.2) is 0 Å². The van der Waals surface area contributed by atoms with E-state index in [4.69, 9.17) is 5.84 Å². The molecular formula is C8H16N2. The minimum Gasteiger partial charge on any atom is -0.271 e. The third-order valence-electron chi connectivity index (χ3n) is 3.25. The molecule has 3 atom stereocenters. The molecule has 0 aromatic carbocycles. The van der Waals surface area contributed by atoms with Crippen molar-refractivity contribution in [2.24, 2.45) is 23.6 Å². The number of hydrogen-bond acceptors (Lipinski definition) is 2. The van der Waals surface area contributed by atoms with E-state index in [0.29, 0.717) is 6.04 Å². The molecule has 0 heterocycles. The van der Waals surface area contributed by atoms with Crippen LogP contribution in [0.1, 0.15) is 26.2 Å². The number of fused-ring (bicyclic) bond motifs is 1. The van der Waals surface area contributed by atoms with Gasteiger partial charge in [-0.3, -0.25) is 11.3 Å². The van der Waals surface area contributed by atoms with Gasteiger partial charge in [-0.1, -0.05) is 0 Å². The van der Waals surface area contributed by atoms with Gasteiger partial charge < -0.3 is 0 Å². The first-order valence-electron chi connectivity index (χ1n) is 4.27. The van der Waals surface area contributed by atoms with E-state index in [9.17, 15) is 0 Å². The molecule has 2 fully saturated rings. The van der Waals surface area contributed by atoms with Crippen molar-refractivity contribution in [1.82, 2.24) is 5.43 Å². The van der Waals surface area contributed by atoms with Crippen molar-refractivity contribution in [3.8, 4) is 0 Å². The van der Waals surface area contributed by atoms with Crippen molar-refractivity contribution in [1.29, 1.82) is 0 Å². The molecule has 0 saturated heterocycles. The van der Waals surface area contributed by atoms with Crippen molar-refractivity contribution < 1.29 is 0 Å². The van der Waals surface area contributed by atoms with Crippen molar-refractivity contribution in [2.45, 2.75) is 32.2 Å². The van der Waals surface area contributed by atoms with Crippen LogP contribution in [-0.4, -0.2) is 6.04 Å². The third-order valence-corrected chi connectivity index (χ3v) is 3.25. The lowest BCUT2D eigenvalue weighted by Gasteiger charge is -2.18. The van der Waals surface area contributed by atoms with Gasteiger partial charge in [0.25, 0.3) is 0 Å². The number of hydrazine groups is 1. The highest BCUT2D eigenvalue weighted by atomic mass is 15.2. The minimum atomic E-state index is 0.535. The molecule has 0 bridgehead atoms. The second-order valence-electron chi connectivity index (χ2n) is 3.94. The maximum absolute atomic E-state index is 5.36. The van der Waals surface area contributed by atoms with Crippen LogP contribution in [0.4, 0.5) is 0 Å². The normalized spacial score (nSPS) is 46.8. The summed E-state index contributed by atoms with van der Waals surface area (Å²) in [4.78, 5) is 0. The van der Waals surface area contributed by atoms with E-state index >= 15 is 0 Å². The Hall–Kier alpha value is -0.0800. The predicted molar refractivity (Wildman–Crippen MR) is 41.1 cm³/mol. The molecule has 3 N–H and O–H groups in total. The summed E-state index contributed by atoms with van der Waals surface area (Å²) in [7, 11) is 0. The highest BCUT2D eigenvalue weighted by Crippen LogP contribution is 2.54. The molecule has 0 aromatic heterocycles. The van der Waals surface area contributed by atoms with E-state index in [1.165, 1.54) is 19.3 Å². The van der Waals surface area contributed by atoms with Gasteiger partial charge in [-0.15, -0.1) is 0 Å². The number of hydrogen-bond donors (Lipinski definition) is 2. The van der Waals surface area contributed by atoms with Crippen LogP contribution < -0.4 is 11.3 Å². The smallest absolute Gasteiger partial charge is 0.0210 e. The predicted octanol–water partition coefficient (Wildman–Crippen LogP) is 0.884. The second kappa shape index (κ2) is 2.21. The van der Waals surface area contributed by atoms with Crippen LogP contribution in [0.25, 0.3) is 0 Å². The summed E-state index contributed by atoms with van der Waals surface area (Å²) < 4.78 is 0. The van der Waals surface area contributed by atoms with E-state index in [-0.39, 0.29) is 0 Å². The summed E-state index contributed by atoms with van der Waals surface area (Å²) >= 11 is 0. The Bertz CT molecular complexity index is 125. The van der Waals surface area contributed by atoms with Crippen molar-refractivity contribution in [2.75, 3.05) is 0 Å². The highest BCUT2D eigenvalue weighted by molar-refractivity contribution is 4.97. The lowest BCUT2D eigenvalue weighted by atomic mass is 9.96. The zero-order chi connectivity index (χ0) is 7.14. The first-order chi connectivity index (χ1) is 4.81. The summed E-state index contributed by atoms with van der Waals surface area (Å²) in [5.74, 6) is 8.40. The highest BCUT2D eigenvalue weighted by Gasteiger charge is 2.46. The Morgan fingerprint density at radius 1 is 1.30 bits per heavy atom. The van der Waals surface area contributed by atoms with Gasteiger partial charge >= 0.3 is 0 Å². The fraction of sp³-hybridized carbons (Fsp3) is 1.00. The van der Waals surface area contributed by atoms with E-state index in [0.717, 1.165) is 17.8 Å². The summed E-state index contributed by atoms with van der Waals surface area (Å²) in [5.41, 5.74) is 2.85. The summed E-state index contributed by atoms with van der Waals surface area (Å²) in [6.07, 6.45) is 4.36. The van der Waals surface area contributed by atoms with Gasteiger partial charge in [-0.05, 0) is 43.9 Å². The molecule has 0 aromatic rings. The lowest BCUT2D eigenvalue weighted by Crippen LogP contribution is -2.37. The molecule has 2 saturated carbocycles. The Morgan fingerprint density at radius 3 is 2.40 bits per heavy atom. The van der Waals surface area contributed by atoms with Crippen LogP contribution in [-0.2, 0) is 0 Å². The number of nitrogens with one attached hydrogen (secondary N) is 1. The summed E-state index contributed by atoms with van der Waals surface area (Å²) in [6, 6.07) is 0.535. The summed E-state index contributed by atoms with van der Waals surface area (Å²) in [6.45, 7) is 2.19. The fourth-order valence-electron chi connectivity index (χ4n) is 2.31. The summed E-state index contributed by atoms with van der Waals surface area (Å²) in [5, 5.41) is 0. The Kier molecular flexibility index (Phi) is 1.46. The van der Waals surface area contributed by atoms with Crippen LogP contribution >= 0.6 is 0 Å². The number of rotatable bonds is 2. The second-order valence-corrected chi connectivity index (χ2v) is 3.94. The largest absolute Gasteiger partial charge is 0.271 e. The molecule has 0 amide bonds. The van der Waals surface area contributed by atoms with Crippen LogP contribution in [0, 0.1) is 17.8 Å². The molecule has 10 heavy (non-hydrogen) atoms. The zero-order valence-corrected chi connectivity index (χ0v) is 6.51. The molecule has 0 radical (unpaired) electrons. The van der Waals surface area contributed by atoms with Gasteiger partial charge in [0.1, 0.15) is 0 Å². The molecule has 3 unspecified atom stereocenters. The van der Waals surface area contributed by atoms with Crippen LogP contribution in [0.15, 0.2) is 0 Å². The van der Waals surface area contributed by atoms with Gasteiger partial charge in [0, 0.05) is 6.04 Å². The SMILES string of the molecule is CC(NN)C1CC2CC2C1. The maximum atomic E-state index is 5.36. The standard InChI is InChI=1S/C8H16N2/c1-5(10-9)6-2-7-4-8(7)3-6/h5-8,10H,2-4,9H2,1H3. The lowest BCUT2D eigenvalue weighted by molar-refractivity contribution is 0.359. The van der Waals surface area contributed by atoms with Gasteiger partial charge in [0.05, 0.1) is 0 Å². The molecule has 58 valence electrons. The zero-order valence-electron chi connectivity index (χ0n) is 6.51. The molecule has 2 heteroatoms.